The van der Waals surface area contributed by atoms with E-state index in [1.165, 1.54) is 31.2 Å². The van der Waals surface area contributed by atoms with E-state index in [4.69, 9.17) is 0 Å². The first-order valence-corrected chi connectivity index (χ1v) is 10.2. The third kappa shape index (κ3) is 5.15. The zero-order valence-corrected chi connectivity index (χ0v) is 16.6. The summed E-state index contributed by atoms with van der Waals surface area (Å²) in [6.45, 7) is 1.46. The first-order valence-electron chi connectivity index (χ1n) is 8.54. The summed E-state index contributed by atoms with van der Waals surface area (Å²) in [5, 5.41) is 11.5. The van der Waals surface area contributed by atoms with Crippen molar-refractivity contribution in [1.29, 1.82) is 0 Å². The normalized spacial score (nSPS) is 13.2. The molecule has 0 aliphatic heterocycles. The minimum Gasteiger partial charge on any atom is -0.369 e. The Morgan fingerprint density at radius 2 is 1.58 bits per heavy atom. The average molecular weight is 470 g/mol. The standard InChI is InChI=1S/C18H16F6N2O4S/c1-2-31(29,30)14-5-3-11(4-6-14)7-15(27)26-13-8-12(9-25-10-13)16(28,17(19,20)21)18(22,23)24/h3-6,8-10,28H,2,7H2,1H3,(H,26,27). The monoisotopic (exact) mass is 470 g/mol. The van der Waals surface area contributed by atoms with Gasteiger partial charge in [-0.05, 0) is 23.8 Å². The second-order valence-corrected chi connectivity index (χ2v) is 8.72. The smallest absolute Gasteiger partial charge is 0.369 e. The van der Waals surface area contributed by atoms with E-state index < -0.39 is 44.9 Å². The van der Waals surface area contributed by atoms with Crippen molar-refractivity contribution in [2.45, 2.75) is 36.2 Å². The van der Waals surface area contributed by atoms with Gasteiger partial charge in [0.1, 0.15) is 0 Å². The number of anilines is 1. The highest BCUT2D eigenvalue weighted by Crippen LogP contribution is 2.50. The molecule has 0 saturated heterocycles. The highest BCUT2D eigenvalue weighted by molar-refractivity contribution is 7.91. The van der Waals surface area contributed by atoms with Gasteiger partial charge in [0.25, 0.3) is 5.60 Å². The van der Waals surface area contributed by atoms with Gasteiger partial charge in [-0.1, -0.05) is 19.1 Å². The topological polar surface area (TPSA) is 96.4 Å². The third-order valence-corrected chi connectivity index (χ3v) is 6.04. The predicted molar refractivity (Wildman–Crippen MR) is 96.7 cm³/mol. The minimum atomic E-state index is -6.09. The Labute approximate surface area is 172 Å². The van der Waals surface area contributed by atoms with E-state index in [2.05, 4.69) is 10.3 Å². The molecule has 1 aromatic heterocycles. The lowest BCUT2D eigenvalue weighted by Gasteiger charge is -2.32. The molecule has 0 bridgehead atoms. The van der Waals surface area contributed by atoms with Crippen LogP contribution in [0, 0.1) is 0 Å². The minimum absolute atomic E-state index is 0.0367. The third-order valence-electron chi connectivity index (χ3n) is 4.29. The number of halogens is 6. The number of sulfone groups is 1. The largest absolute Gasteiger partial charge is 0.430 e. The van der Waals surface area contributed by atoms with Gasteiger partial charge in [-0.3, -0.25) is 9.78 Å². The molecule has 0 aliphatic carbocycles. The van der Waals surface area contributed by atoms with Crippen LogP contribution in [-0.4, -0.2) is 42.5 Å². The molecule has 0 saturated carbocycles. The van der Waals surface area contributed by atoms with Gasteiger partial charge >= 0.3 is 12.4 Å². The van der Waals surface area contributed by atoms with Gasteiger partial charge in [-0.15, -0.1) is 0 Å². The Balaban J connectivity index is 2.22. The van der Waals surface area contributed by atoms with Crippen molar-refractivity contribution in [3.05, 3.63) is 53.9 Å². The first-order chi connectivity index (χ1) is 14.1. The molecule has 0 aliphatic rings. The summed E-state index contributed by atoms with van der Waals surface area (Å²) in [6.07, 6.45) is -11.5. The van der Waals surface area contributed by atoms with Crippen molar-refractivity contribution >= 4 is 21.4 Å². The molecular weight excluding hydrogens is 454 g/mol. The van der Waals surface area contributed by atoms with Crippen LogP contribution in [-0.2, 0) is 26.7 Å². The number of alkyl halides is 6. The second kappa shape index (κ2) is 8.46. The molecule has 0 spiro atoms. The van der Waals surface area contributed by atoms with Crippen LogP contribution in [0.1, 0.15) is 18.1 Å². The molecular formula is C18H16F6N2O4S. The molecule has 0 radical (unpaired) electrons. The fourth-order valence-corrected chi connectivity index (χ4v) is 3.45. The number of nitrogens with zero attached hydrogens (tertiary/aromatic N) is 1. The maximum Gasteiger partial charge on any atom is 0.430 e. The summed E-state index contributed by atoms with van der Waals surface area (Å²) in [6, 6.07) is 5.57. The molecule has 2 rings (SSSR count). The maximum atomic E-state index is 13.0. The number of amides is 1. The molecule has 170 valence electrons. The van der Waals surface area contributed by atoms with E-state index >= 15 is 0 Å². The van der Waals surface area contributed by atoms with E-state index in [0.717, 1.165) is 6.20 Å². The first kappa shape index (κ1) is 24.6. The molecule has 1 aromatic carbocycles. The predicted octanol–water partition coefficient (Wildman–Crippen LogP) is 3.37. The average Bonchev–Trinajstić information content (AvgIpc) is 2.66. The Morgan fingerprint density at radius 1 is 1.03 bits per heavy atom. The number of carbonyl (C=O) groups is 1. The number of rotatable bonds is 6. The lowest BCUT2D eigenvalue weighted by molar-refractivity contribution is -0.376. The van der Waals surface area contributed by atoms with Crippen LogP contribution in [0.4, 0.5) is 32.0 Å². The van der Waals surface area contributed by atoms with Gasteiger partial charge < -0.3 is 10.4 Å². The van der Waals surface area contributed by atoms with Crippen molar-refractivity contribution in [3.63, 3.8) is 0 Å². The van der Waals surface area contributed by atoms with Crippen LogP contribution < -0.4 is 5.32 Å². The quantitative estimate of drug-likeness (QED) is 0.632. The van der Waals surface area contributed by atoms with Crippen LogP contribution in [0.2, 0.25) is 0 Å². The van der Waals surface area contributed by atoms with E-state index in [-0.39, 0.29) is 23.3 Å². The highest BCUT2D eigenvalue weighted by atomic mass is 32.2. The summed E-state index contributed by atoms with van der Waals surface area (Å²) >= 11 is 0. The Hall–Kier alpha value is -2.67. The molecule has 13 heteroatoms. The lowest BCUT2D eigenvalue weighted by atomic mass is 9.93. The van der Waals surface area contributed by atoms with Gasteiger partial charge in [-0.25, -0.2) is 8.42 Å². The fraction of sp³-hybridized carbons (Fsp3) is 0.333. The van der Waals surface area contributed by atoms with Crippen LogP contribution in [0.5, 0.6) is 0 Å². The van der Waals surface area contributed by atoms with Gasteiger partial charge in [0, 0.05) is 11.8 Å². The Morgan fingerprint density at radius 3 is 2.06 bits per heavy atom. The van der Waals surface area contributed by atoms with Crippen LogP contribution in [0.3, 0.4) is 0 Å². The molecule has 31 heavy (non-hydrogen) atoms. The van der Waals surface area contributed by atoms with Gasteiger partial charge in [0.15, 0.2) is 9.84 Å². The molecule has 2 aromatic rings. The number of carbonyl (C=O) groups excluding carboxylic acids is 1. The number of nitrogens with one attached hydrogen (secondary N) is 1. The highest BCUT2D eigenvalue weighted by Gasteiger charge is 2.71. The van der Waals surface area contributed by atoms with Crippen molar-refractivity contribution < 1.29 is 44.7 Å². The van der Waals surface area contributed by atoms with Crippen molar-refractivity contribution in [3.8, 4) is 0 Å². The Bertz CT molecular complexity index is 1040. The zero-order chi connectivity index (χ0) is 23.7. The van der Waals surface area contributed by atoms with Gasteiger partial charge in [-0.2, -0.15) is 26.3 Å². The maximum absolute atomic E-state index is 13.0. The van der Waals surface area contributed by atoms with Crippen LogP contribution in [0.15, 0.2) is 47.6 Å². The SMILES string of the molecule is CCS(=O)(=O)c1ccc(CC(=O)Nc2cncc(C(O)(C(F)(F)F)C(F)(F)F)c2)cc1. The number of pyridine rings is 1. The molecule has 0 unspecified atom stereocenters. The van der Waals surface area contributed by atoms with Gasteiger partial charge in [0.2, 0.25) is 5.91 Å². The summed E-state index contributed by atoms with van der Waals surface area (Å²) in [5.74, 6) is -0.939. The molecule has 2 N–H and O–H groups in total. The number of aromatic nitrogens is 1. The van der Waals surface area contributed by atoms with Crippen LogP contribution >= 0.6 is 0 Å². The second-order valence-electron chi connectivity index (χ2n) is 6.44. The summed E-state index contributed by atoms with van der Waals surface area (Å²) in [7, 11) is -3.45. The summed E-state index contributed by atoms with van der Waals surface area (Å²) in [5.41, 5.74) is -6.94. The zero-order valence-electron chi connectivity index (χ0n) is 15.8. The number of hydrogen-bond acceptors (Lipinski definition) is 5. The van der Waals surface area contributed by atoms with E-state index in [0.29, 0.717) is 11.6 Å². The number of hydrogen-bond donors (Lipinski definition) is 2. The molecule has 0 atom stereocenters. The molecule has 1 heterocycles. The van der Waals surface area contributed by atoms with E-state index in [9.17, 15) is 44.7 Å². The van der Waals surface area contributed by atoms with Crippen molar-refractivity contribution in [2.75, 3.05) is 11.1 Å². The number of aliphatic hydroxyl groups is 1. The van der Waals surface area contributed by atoms with E-state index in [1.807, 2.05) is 0 Å². The summed E-state index contributed by atoms with van der Waals surface area (Å²) in [4.78, 5) is 15.4. The van der Waals surface area contributed by atoms with Crippen molar-refractivity contribution in [1.82, 2.24) is 4.98 Å². The Kier molecular flexibility index (Phi) is 6.71. The molecule has 0 fully saturated rings. The van der Waals surface area contributed by atoms with Crippen molar-refractivity contribution in [2.24, 2.45) is 0 Å². The molecule has 1 amide bonds. The molecule has 6 nitrogen and oxygen atoms in total. The number of benzene rings is 1. The lowest BCUT2D eigenvalue weighted by Crippen LogP contribution is -2.54. The fourth-order valence-electron chi connectivity index (χ4n) is 2.57. The van der Waals surface area contributed by atoms with Gasteiger partial charge in [0.05, 0.1) is 29.0 Å². The summed E-state index contributed by atoms with van der Waals surface area (Å²) < 4.78 is 101. The van der Waals surface area contributed by atoms with Crippen LogP contribution in [0.25, 0.3) is 0 Å². The van der Waals surface area contributed by atoms with E-state index in [1.54, 1.807) is 0 Å².